The fraction of sp³-hybridized carbons (Fsp3) is 0.424. The molecule has 4 heterocycles. The fourth-order valence-electron chi connectivity index (χ4n) is 5.97. The minimum Gasteiger partial charge on any atom is -0.506 e. The van der Waals surface area contributed by atoms with E-state index in [1.807, 2.05) is 48.2 Å². The molecule has 47 heavy (non-hydrogen) atoms. The maximum absolute atomic E-state index is 13.0. The second kappa shape index (κ2) is 15.9. The van der Waals surface area contributed by atoms with Crippen molar-refractivity contribution in [2.24, 2.45) is 0 Å². The first-order chi connectivity index (χ1) is 22.7. The van der Waals surface area contributed by atoms with Crippen LogP contribution in [0.5, 0.6) is 11.5 Å². The number of aliphatic hydroxyl groups is 1. The number of aromatic nitrogens is 1. The number of nitrogens with one attached hydrogen (secondary N) is 2. The number of thiophene rings is 1. The zero-order chi connectivity index (χ0) is 33.4. The normalized spacial score (nSPS) is 16.9. The topological polar surface area (TPSA) is 165 Å². The van der Waals surface area contributed by atoms with Gasteiger partial charge in [0, 0.05) is 49.7 Å². The minimum absolute atomic E-state index is 0.00577. The second-order valence-corrected chi connectivity index (χ2v) is 13.9. The SMILES string of the molecule is Cc1ccc(C(=O)N2CCOC3(CCN(CCOc4ccc(CNCC(O)c5ccc(O)c6[nH]c(=O)sc56)cc4)CC3)C2)s1.O=CO. The highest BCUT2D eigenvalue weighted by Gasteiger charge is 2.41. The van der Waals surface area contributed by atoms with Gasteiger partial charge in [-0.1, -0.05) is 29.5 Å². The van der Waals surface area contributed by atoms with Crippen LogP contribution in [0.3, 0.4) is 0 Å². The maximum atomic E-state index is 13.0. The summed E-state index contributed by atoms with van der Waals surface area (Å²) in [7, 11) is 0. The number of aromatic hydroxyl groups is 1. The molecule has 1 unspecified atom stereocenters. The monoisotopic (exact) mass is 684 g/mol. The van der Waals surface area contributed by atoms with Gasteiger partial charge in [0.2, 0.25) is 0 Å². The van der Waals surface area contributed by atoms with Crippen LogP contribution < -0.4 is 14.9 Å². The van der Waals surface area contributed by atoms with Crippen LogP contribution in [-0.2, 0) is 16.1 Å². The number of piperidine rings is 1. The molecule has 1 amide bonds. The Morgan fingerprint density at radius 1 is 1.13 bits per heavy atom. The molecular formula is C33H40N4O8S2. The van der Waals surface area contributed by atoms with Crippen LogP contribution in [0.4, 0.5) is 0 Å². The van der Waals surface area contributed by atoms with Crippen molar-refractivity contribution >= 4 is 45.3 Å². The summed E-state index contributed by atoms with van der Waals surface area (Å²) in [5.74, 6) is 0.923. The lowest BCUT2D eigenvalue weighted by Gasteiger charge is -2.47. The third-order valence-corrected chi connectivity index (χ3v) is 10.4. The number of likely N-dealkylation sites (tertiary alicyclic amines) is 1. The largest absolute Gasteiger partial charge is 0.506 e. The van der Waals surface area contributed by atoms with Gasteiger partial charge in [-0.25, -0.2) is 0 Å². The lowest BCUT2D eigenvalue weighted by molar-refractivity contribution is -0.127. The molecule has 14 heteroatoms. The Hall–Kier alpha value is -3.79. The highest BCUT2D eigenvalue weighted by Crippen LogP contribution is 2.32. The van der Waals surface area contributed by atoms with Gasteiger partial charge in [-0.05, 0) is 55.7 Å². The van der Waals surface area contributed by atoms with E-state index in [0.29, 0.717) is 55.2 Å². The molecule has 0 saturated carbocycles. The van der Waals surface area contributed by atoms with Gasteiger partial charge in [0.15, 0.2) is 0 Å². The van der Waals surface area contributed by atoms with E-state index in [4.69, 9.17) is 19.4 Å². The summed E-state index contributed by atoms with van der Waals surface area (Å²) in [6, 6.07) is 15.0. The zero-order valence-electron chi connectivity index (χ0n) is 26.1. The van der Waals surface area contributed by atoms with E-state index in [1.54, 1.807) is 17.4 Å². The molecule has 2 aromatic carbocycles. The van der Waals surface area contributed by atoms with E-state index < -0.39 is 6.10 Å². The first-order valence-electron chi connectivity index (χ1n) is 15.5. The van der Waals surface area contributed by atoms with E-state index in [0.717, 1.165) is 64.9 Å². The standard InChI is InChI=1S/C32H38N4O6S2.CH2O2/c1-21-2-9-27(43-21)30(39)36-15-17-42-32(20-36)10-12-35(13-11-32)14-16-41-23-5-3-22(4-6-23)18-33-19-26(38)24-7-8-25(37)28-29(24)44-31(40)34-28;2-1-3/h2-9,26,33,37-38H,10-20H2,1H3,(H,34,40);1H,(H,2,3). The highest BCUT2D eigenvalue weighted by atomic mass is 32.1. The predicted molar refractivity (Wildman–Crippen MR) is 181 cm³/mol. The maximum Gasteiger partial charge on any atom is 0.305 e. The molecule has 2 aromatic heterocycles. The molecule has 4 aromatic rings. The number of phenolic OH excluding ortho intramolecular Hbond substituents is 1. The molecule has 0 aliphatic carbocycles. The molecule has 1 atom stereocenters. The second-order valence-electron chi connectivity index (χ2n) is 11.6. The number of carbonyl (C=O) groups is 2. The number of benzene rings is 2. The van der Waals surface area contributed by atoms with Crippen molar-refractivity contribution in [3.63, 3.8) is 0 Å². The zero-order valence-corrected chi connectivity index (χ0v) is 27.8. The number of hydrogen-bond donors (Lipinski definition) is 5. The summed E-state index contributed by atoms with van der Waals surface area (Å²) in [5.41, 5.74) is 1.77. The number of fused-ring (bicyclic) bond motifs is 1. The summed E-state index contributed by atoms with van der Waals surface area (Å²) in [5, 5.41) is 30.8. The van der Waals surface area contributed by atoms with Gasteiger partial charge in [0.1, 0.15) is 23.6 Å². The number of ether oxygens (including phenoxy) is 2. The Morgan fingerprint density at radius 2 is 1.87 bits per heavy atom. The average Bonchev–Trinajstić information content (AvgIpc) is 3.69. The Balaban J connectivity index is 0.00000139. The molecule has 0 bridgehead atoms. The number of carboxylic acid groups (broad SMARTS) is 1. The number of carbonyl (C=O) groups excluding carboxylic acids is 1. The first-order valence-corrected chi connectivity index (χ1v) is 17.1. The third kappa shape index (κ3) is 8.77. The van der Waals surface area contributed by atoms with Crippen molar-refractivity contribution in [1.82, 2.24) is 20.1 Å². The Labute approximate surface area is 280 Å². The van der Waals surface area contributed by atoms with Crippen LogP contribution in [0.1, 0.15) is 44.6 Å². The van der Waals surface area contributed by atoms with Crippen LogP contribution in [0.25, 0.3) is 10.2 Å². The third-order valence-electron chi connectivity index (χ3n) is 8.47. The van der Waals surface area contributed by atoms with E-state index in [2.05, 4.69) is 15.2 Å². The number of aromatic amines is 1. The smallest absolute Gasteiger partial charge is 0.305 e. The molecule has 0 radical (unpaired) electrons. The number of amides is 1. The fourth-order valence-corrected chi connectivity index (χ4v) is 7.72. The summed E-state index contributed by atoms with van der Waals surface area (Å²) < 4.78 is 12.8. The number of thiazole rings is 1. The molecule has 252 valence electrons. The van der Waals surface area contributed by atoms with E-state index >= 15 is 0 Å². The molecule has 6 rings (SSSR count). The lowest BCUT2D eigenvalue weighted by Crippen LogP contribution is -2.58. The van der Waals surface area contributed by atoms with Gasteiger partial charge < -0.3 is 40.0 Å². The van der Waals surface area contributed by atoms with Gasteiger partial charge in [0.25, 0.3) is 12.4 Å². The van der Waals surface area contributed by atoms with Crippen LogP contribution in [-0.4, -0.2) is 101 Å². The number of aryl methyl sites for hydroxylation is 1. The summed E-state index contributed by atoms with van der Waals surface area (Å²) in [6.45, 7) is 7.78. The number of phenols is 1. The van der Waals surface area contributed by atoms with Gasteiger partial charge in [-0.2, -0.15) is 0 Å². The molecule has 1 spiro atoms. The Bertz CT molecular complexity index is 1690. The van der Waals surface area contributed by atoms with Crippen LogP contribution in [0, 0.1) is 6.92 Å². The molecule has 2 aliphatic heterocycles. The highest BCUT2D eigenvalue weighted by molar-refractivity contribution is 7.16. The van der Waals surface area contributed by atoms with Crippen molar-refractivity contribution < 1.29 is 34.4 Å². The number of morpholine rings is 1. The Kier molecular flexibility index (Phi) is 11.7. The minimum atomic E-state index is -0.821. The van der Waals surface area contributed by atoms with Crippen LogP contribution in [0.2, 0.25) is 0 Å². The number of hydrogen-bond acceptors (Lipinski definition) is 11. The Morgan fingerprint density at radius 3 is 2.57 bits per heavy atom. The summed E-state index contributed by atoms with van der Waals surface area (Å²) >= 11 is 2.54. The molecule has 5 N–H and O–H groups in total. The summed E-state index contributed by atoms with van der Waals surface area (Å²) in [4.78, 5) is 41.8. The molecule has 2 saturated heterocycles. The average molecular weight is 685 g/mol. The number of rotatable bonds is 10. The van der Waals surface area contributed by atoms with Crippen molar-refractivity contribution in [3.8, 4) is 11.5 Å². The lowest BCUT2D eigenvalue weighted by atomic mass is 9.89. The first kappa shape index (κ1) is 34.5. The molecule has 2 fully saturated rings. The van der Waals surface area contributed by atoms with Gasteiger partial charge in [-0.15, -0.1) is 11.3 Å². The van der Waals surface area contributed by atoms with Crippen molar-refractivity contribution in [1.29, 1.82) is 0 Å². The molecule has 12 nitrogen and oxygen atoms in total. The molecule has 2 aliphatic rings. The van der Waals surface area contributed by atoms with Gasteiger partial charge in [0.05, 0.1) is 34.4 Å². The van der Waals surface area contributed by atoms with E-state index in [1.165, 1.54) is 6.07 Å². The van der Waals surface area contributed by atoms with Gasteiger partial charge >= 0.3 is 4.87 Å². The van der Waals surface area contributed by atoms with E-state index in [-0.39, 0.29) is 28.6 Å². The van der Waals surface area contributed by atoms with Crippen molar-refractivity contribution in [3.05, 3.63) is 79.1 Å². The van der Waals surface area contributed by atoms with Crippen LogP contribution in [0.15, 0.2) is 53.3 Å². The predicted octanol–water partition coefficient (Wildman–Crippen LogP) is 3.58. The number of aliphatic hydroxyl groups excluding tert-OH is 1. The van der Waals surface area contributed by atoms with Crippen molar-refractivity contribution in [2.75, 3.05) is 52.5 Å². The van der Waals surface area contributed by atoms with Gasteiger partial charge in [-0.3, -0.25) is 19.3 Å². The number of nitrogens with zero attached hydrogens (tertiary/aromatic N) is 2. The van der Waals surface area contributed by atoms with Crippen molar-refractivity contribution in [2.45, 2.75) is 38.0 Å². The summed E-state index contributed by atoms with van der Waals surface area (Å²) in [6.07, 6.45) is 0.984. The van der Waals surface area contributed by atoms with Crippen LogP contribution >= 0.6 is 22.7 Å². The quantitative estimate of drug-likeness (QED) is 0.156. The molecular weight excluding hydrogens is 645 g/mol. The van der Waals surface area contributed by atoms with E-state index in [9.17, 15) is 19.8 Å². The number of H-pyrrole nitrogens is 1.